The zero-order valence-electron chi connectivity index (χ0n) is 15.7. The molecule has 150 valence electrons. The van der Waals surface area contributed by atoms with Gasteiger partial charge in [0.05, 0.1) is 35.6 Å². The predicted molar refractivity (Wildman–Crippen MR) is 105 cm³/mol. The lowest BCUT2D eigenvalue weighted by Crippen LogP contribution is -2.32. The smallest absolute Gasteiger partial charge is 0.340 e. The van der Waals surface area contributed by atoms with Crippen molar-refractivity contribution in [2.75, 3.05) is 6.61 Å². The number of benzene rings is 1. The number of ether oxygens (including phenoxy) is 1. The van der Waals surface area contributed by atoms with Crippen LogP contribution in [0.25, 0.3) is 22.3 Å². The maximum absolute atomic E-state index is 13.1. The average molecular weight is 404 g/mol. The molecule has 2 aliphatic heterocycles. The Hall–Kier alpha value is -3.51. The van der Waals surface area contributed by atoms with Gasteiger partial charge in [0.1, 0.15) is 6.61 Å². The van der Waals surface area contributed by atoms with E-state index in [0.29, 0.717) is 17.8 Å². The highest BCUT2D eigenvalue weighted by atomic mass is 17.1. The van der Waals surface area contributed by atoms with Crippen LogP contribution in [0.2, 0.25) is 0 Å². The number of carbonyl (C=O) groups is 1. The van der Waals surface area contributed by atoms with E-state index in [-0.39, 0.29) is 36.4 Å². The molecule has 30 heavy (non-hydrogen) atoms. The molecule has 0 fully saturated rings. The highest BCUT2D eigenvalue weighted by Crippen LogP contribution is 2.37. The second kappa shape index (κ2) is 7.07. The van der Waals surface area contributed by atoms with Gasteiger partial charge in [-0.3, -0.25) is 10.1 Å². The molecule has 2 aliphatic rings. The molecule has 5 rings (SSSR count). The summed E-state index contributed by atoms with van der Waals surface area (Å²) in [5, 5.41) is 19.6. The number of aliphatic hydroxyl groups excluding tert-OH is 1. The largest absolute Gasteiger partial charge is 0.458 e. The van der Waals surface area contributed by atoms with E-state index in [9.17, 15) is 14.7 Å². The van der Waals surface area contributed by atoms with Gasteiger partial charge in [-0.25, -0.2) is 14.7 Å². The summed E-state index contributed by atoms with van der Waals surface area (Å²) in [6, 6.07) is 9.19. The first-order chi connectivity index (χ1) is 14.6. The lowest BCUT2D eigenvalue weighted by Gasteiger charge is -2.21. The van der Waals surface area contributed by atoms with Gasteiger partial charge in [0.2, 0.25) is 0 Å². The number of esters is 1. The van der Waals surface area contributed by atoms with E-state index < -0.39 is 12.1 Å². The Morgan fingerprint density at radius 3 is 2.93 bits per heavy atom. The van der Waals surface area contributed by atoms with E-state index in [2.05, 4.69) is 16.7 Å². The molecular weight excluding hydrogens is 388 g/mol. The number of para-hydroxylation sites is 1. The third-order valence-electron chi connectivity index (χ3n) is 5.40. The molecular formula is C22H16N2O6. The van der Waals surface area contributed by atoms with Gasteiger partial charge in [-0.15, -0.1) is 0 Å². The lowest BCUT2D eigenvalue weighted by molar-refractivity contribution is -0.240. The van der Waals surface area contributed by atoms with Crippen LogP contribution in [0.5, 0.6) is 0 Å². The van der Waals surface area contributed by atoms with Gasteiger partial charge in [0.25, 0.3) is 5.56 Å². The van der Waals surface area contributed by atoms with Gasteiger partial charge in [-0.2, -0.15) is 0 Å². The summed E-state index contributed by atoms with van der Waals surface area (Å²) < 4.78 is 6.50. The number of aromatic nitrogens is 2. The standard InChI is InChI=1S/C22H16N2O6/c25-20-14-9-18-19-15(10-24(18)21(26)16(14)11-29-22(20)27)12(5-3-4-8-30-28)13-6-1-2-7-17(13)23-19/h1-2,6-7,9,20,25,28H,4,8,10-11H2/t20-/m0/s1. The monoisotopic (exact) mass is 404 g/mol. The number of aliphatic hydroxyl groups is 1. The van der Waals surface area contributed by atoms with Crippen LogP contribution in [0, 0.1) is 11.8 Å². The fourth-order valence-corrected chi connectivity index (χ4v) is 3.97. The van der Waals surface area contributed by atoms with Crippen molar-refractivity contribution < 1.29 is 24.8 Å². The summed E-state index contributed by atoms with van der Waals surface area (Å²) in [6.45, 7) is 0.208. The summed E-state index contributed by atoms with van der Waals surface area (Å²) in [5.41, 5.74) is 3.63. The van der Waals surface area contributed by atoms with Crippen molar-refractivity contribution in [2.24, 2.45) is 0 Å². The summed E-state index contributed by atoms with van der Waals surface area (Å²) >= 11 is 0. The average Bonchev–Trinajstić information content (AvgIpc) is 3.12. The molecule has 3 aromatic rings. The van der Waals surface area contributed by atoms with Crippen LogP contribution in [0.4, 0.5) is 0 Å². The second-order valence-electron chi connectivity index (χ2n) is 7.08. The number of rotatable bonds is 2. The fourth-order valence-electron chi connectivity index (χ4n) is 3.97. The Morgan fingerprint density at radius 1 is 1.27 bits per heavy atom. The van der Waals surface area contributed by atoms with Crippen LogP contribution in [0.3, 0.4) is 0 Å². The second-order valence-corrected chi connectivity index (χ2v) is 7.08. The minimum atomic E-state index is -1.49. The van der Waals surface area contributed by atoms with Gasteiger partial charge in [0, 0.05) is 28.5 Å². The molecule has 0 saturated heterocycles. The molecule has 1 atom stereocenters. The van der Waals surface area contributed by atoms with Crippen molar-refractivity contribution in [1.82, 2.24) is 9.55 Å². The minimum absolute atomic E-state index is 0.0938. The predicted octanol–water partition coefficient (Wildman–Crippen LogP) is 1.75. The molecule has 0 unspecified atom stereocenters. The molecule has 0 amide bonds. The molecule has 1 aromatic carbocycles. The number of carbonyl (C=O) groups excluding carboxylic acids is 1. The van der Waals surface area contributed by atoms with Crippen molar-refractivity contribution in [3.63, 3.8) is 0 Å². The Kier molecular flexibility index (Phi) is 4.37. The zero-order valence-corrected chi connectivity index (χ0v) is 15.7. The van der Waals surface area contributed by atoms with E-state index in [0.717, 1.165) is 22.0 Å². The first-order valence-electron chi connectivity index (χ1n) is 9.38. The maximum Gasteiger partial charge on any atom is 0.340 e. The molecule has 0 aliphatic carbocycles. The Bertz CT molecular complexity index is 1330. The van der Waals surface area contributed by atoms with Crippen molar-refractivity contribution in [3.8, 4) is 23.2 Å². The normalized spacial score (nSPS) is 16.3. The molecule has 0 radical (unpaired) electrons. The van der Waals surface area contributed by atoms with Crippen LogP contribution >= 0.6 is 0 Å². The third kappa shape index (κ3) is 2.72. The van der Waals surface area contributed by atoms with Gasteiger partial charge in [0.15, 0.2) is 6.10 Å². The minimum Gasteiger partial charge on any atom is -0.458 e. The molecule has 8 nitrogen and oxygen atoms in total. The van der Waals surface area contributed by atoms with E-state index in [1.54, 1.807) is 10.6 Å². The molecule has 0 saturated carbocycles. The molecule has 8 heteroatoms. The highest BCUT2D eigenvalue weighted by Gasteiger charge is 2.34. The van der Waals surface area contributed by atoms with Gasteiger partial charge < -0.3 is 14.4 Å². The zero-order chi connectivity index (χ0) is 20.8. The first-order valence-corrected chi connectivity index (χ1v) is 9.38. The van der Waals surface area contributed by atoms with Crippen molar-refractivity contribution in [2.45, 2.75) is 25.7 Å². The van der Waals surface area contributed by atoms with E-state index >= 15 is 0 Å². The summed E-state index contributed by atoms with van der Waals surface area (Å²) in [6.07, 6.45) is -1.15. The summed E-state index contributed by atoms with van der Waals surface area (Å²) in [7, 11) is 0. The van der Waals surface area contributed by atoms with Crippen molar-refractivity contribution in [1.29, 1.82) is 0 Å². The summed E-state index contributed by atoms with van der Waals surface area (Å²) in [4.78, 5) is 33.7. The fraction of sp³-hybridized carbons (Fsp3) is 0.227. The van der Waals surface area contributed by atoms with Crippen molar-refractivity contribution in [3.05, 3.63) is 62.9 Å². The van der Waals surface area contributed by atoms with Crippen molar-refractivity contribution >= 4 is 16.9 Å². The topological polar surface area (TPSA) is 111 Å². The third-order valence-corrected chi connectivity index (χ3v) is 5.40. The SMILES string of the molecule is O=C1OCc2c(cc3n(c2=O)Cc2c-3nc3ccccc3c2C#CCCOO)[C@@H]1O. The lowest BCUT2D eigenvalue weighted by atomic mass is 9.98. The van der Waals surface area contributed by atoms with Gasteiger partial charge in [-0.1, -0.05) is 30.0 Å². The van der Waals surface area contributed by atoms with E-state index in [1.165, 1.54) is 0 Å². The number of cyclic esters (lactones) is 1. The van der Waals surface area contributed by atoms with Gasteiger partial charge >= 0.3 is 5.97 Å². The Morgan fingerprint density at radius 2 is 2.10 bits per heavy atom. The summed E-state index contributed by atoms with van der Waals surface area (Å²) in [5.74, 6) is 5.35. The first kappa shape index (κ1) is 18.5. The Balaban J connectivity index is 1.75. The quantitative estimate of drug-likeness (QED) is 0.172. The van der Waals surface area contributed by atoms with Crippen LogP contribution in [0.15, 0.2) is 35.1 Å². The van der Waals surface area contributed by atoms with Crippen LogP contribution in [-0.4, -0.2) is 32.5 Å². The number of fused-ring (bicyclic) bond motifs is 5. The molecule has 0 spiro atoms. The van der Waals surface area contributed by atoms with Crippen LogP contribution in [0.1, 0.15) is 34.8 Å². The highest BCUT2D eigenvalue weighted by molar-refractivity contribution is 5.91. The molecule has 4 heterocycles. The van der Waals surface area contributed by atoms with Crippen LogP contribution in [-0.2, 0) is 27.6 Å². The number of hydrogen-bond acceptors (Lipinski definition) is 7. The number of pyridine rings is 2. The van der Waals surface area contributed by atoms with Crippen LogP contribution < -0.4 is 5.56 Å². The number of nitrogens with zero attached hydrogens (tertiary/aromatic N) is 2. The van der Waals surface area contributed by atoms with E-state index in [1.807, 2.05) is 24.3 Å². The maximum atomic E-state index is 13.1. The van der Waals surface area contributed by atoms with Gasteiger partial charge in [-0.05, 0) is 12.1 Å². The van der Waals surface area contributed by atoms with E-state index in [4.69, 9.17) is 15.0 Å². The molecule has 0 bridgehead atoms. The molecule has 2 aromatic heterocycles. The Labute approximate surface area is 170 Å². The number of hydrogen-bond donors (Lipinski definition) is 2. The molecule has 2 N–H and O–H groups in total.